The summed E-state index contributed by atoms with van der Waals surface area (Å²) in [6.07, 6.45) is 2.33. The van der Waals surface area contributed by atoms with E-state index in [1.807, 2.05) is 0 Å². The van der Waals surface area contributed by atoms with Crippen LogP contribution < -0.4 is 21.1 Å². The van der Waals surface area contributed by atoms with Crippen LogP contribution in [0.15, 0.2) is 70.5 Å². The summed E-state index contributed by atoms with van der Waals surface area (Å²) >= 11 is 0. The first kappa shape index (κ1) is 22.0. The molecule has 0 radical (unpaired) electrons. The average molecular weight is 425 g/mol. The number of benzene rings is 2. The van der Waals surface area contributed by atoms with E-state index in [4.69, 9.17) is 5.73 Å². The Bertz CT molecular complexity index is 1060. The molecule has 0 amide bonds. The quantitative estimate of drug-likeness (QED) is 0.225. The molecule has 0 aliphatic carbocycles. The molecule has 29 heavy (non-hydrogen) atoms. The topological polar surface area (TPSA) is 109 Å². The van der Waals surface area contributed by atoms with E-state index in [0.29, 0.717) is 5.69 Å². The third kappa shape index (κ3) is 5.83. The Labute approximate surface area is 165 Å². The normalized spacial score (nSPS) is 12.2. The summed E-state index contributed by atoms with van der Waals surface area (Å²) in [6, 6.07) is 7.42. The predicted octanol–water partition coefficient (Wildman–Crippen LogP) is 2.88. The molecular weight excluding hydrogens is 407 g/mol. The first-order chi connectivity index (χ1) is 13.7. The number of halogens is 3. The molecule has 0 aliphatic rings. The van der Waals surface area contributed by atoms with Gasteiger partial charge in [0.25, 0.3) is 0 Å². The number of allylic oxidation sites excluding steroid dienone is 1. The number of sulfonamides is 1. The van der Waals surface area contributed by atoms with Gasteiger partial charge in [0.2, 0.25) is 10.0 Å². The van der Waals surface area contributed by atoms with E-state index in [1.165, 1.54) is 31.3 Å². The van der Waals surface area contributed by atoms with Crippen LogP contribution >= 0.6 is 0 Å². The number of rotatable bonds is 8. The first-order valence-corrected chi connectivity index (χ1v) is 9.51. The minimum absolute atomic E-state index is 0.0234. The summed E-state index contributed by atoms with van der Waals surface area (Å²) in [4.78, 5) is 3.91. The van der Waals surface area contributed by atoms with Crippen LogP contribution in [0.2, 0.25) is 0 Å². The Kier molecular flexibility index (Phi) is 7.02. The van der Waals surface area contributed by atoms with Gasteiger partial charge in [0.1, 0.15) is 5.82 Å². The van der Waals surface area contributed by atoms with Crippen molar-refractivity contribution in [3.8, 4) is 0 Å². The molecule has 0 saturated heterocycles. The van der Waals surface area contributed by atoms with E-state index in [2.05, 4.69) is 26.9 Å². The zero-order valence-corrected chi connectivity index (χ0v) is 16.0. The molecule has 2 rings (SSSR count). The second-order valence-corrected chi connectivity index (χ2v) is 7.46. The van der Waals surface area contributed by atoms with Crippen molar-refractivity contribution < 1.29 is 21.6 Å². The molecule has 0 spiro atoms. The van der Waals surface area contributed by atoms with Crippen LogP contribution in [-0.2, 0) is 10.0 Å². The van der Waals surface area contributed by atoms with Crippen molar-refractivity contribution in [1.29, 1.82) is 0 Å². The fraction of sp³-hybridized carbons (Fsp3) is 0.0556. The molecule has 0 fully saturated rings. The van der Waals surface area contributed by atoms with Gasteiger partial charge >= 0.3 is 0 Å². The largest absolute Gasteiger partial charge is 0.390 e. The van der Waals surface area contributed by atoms with E-state index >= 15 is 0 Å². The number of nitrogens with zero attached hydrogens (tertiary/aromatic N) is 1. The highest BCUT2D eigenvalue weighted by molar-refractivity contribution is 7.89. The SMILES string of the molecule is C=C(/C=C(\N=C/N)Nc1cccc(S(=O)(=O)NC)c1)Nc1cc(F)c(F)c(F)c1. The Balaban J connectivity index is 2.24. The third-order valence-electron chi connectivity index (χ3n) is 3.50. The van der Waals surface area contributed by atoms with Crippen LogP contribution in [0, 0.1) is 17.5 Å². The highest BCUT2D eigenvalue weighted by Crippen LogP contribution is 2.20. The van der Waals surface area contributed by atoms with E-state index < -0.39 is 27.5 Å². The monoisotopic (exact) mass is 425 g/mol. The molecule has 0 atom stereocenters. The highest BCUT2D eigenvalue weighted by Gasteiger charge is 2.12. The summed E-state index contributed by atoms with van der Waals surface area (Å²) in [7, 11) is -2.36. The molecule has 2 aromatic carbocycles. The molecule has 0 aromatic heterocycles. The number of hydrogen-bond donors (Lipinski definition) is 4. The number of nitrogens with one attached hydrogen (secondary N) is 3. The molecule has 0 aliphatic heterocycles. The molecule has 0 heterocycles. The van der Waals surface area contributed by atoms with Gasteiger partial charge in [0.15, 0.2) is 17.5 Å². The fourth-order valence-corrected chi connectivity index (χ4v) is 2.98. The van der Waals surface area contributed by atoms with Gasteiger partial charge in [0.05, 0.1) is 11.2 Å². The number of anilines is 2. The van der Waals surface area contributed by atoms with E-state index in [1.54, 1.807) is 6.07 Å². The number of hydrogen-bond acceptors (Lipinski definition) is 5. The zero-order valence-electron chi connectivity index (χ0n) is 15.2. The number of aliphatic imine (C=N–C) groups is 1. The lowest BCUT2D eigenvalue weighted by atomic mass is 10.2. The van der Waals surface area contributed by atoms with E-state index in [-0.39, 0.29) is 22.1 Å². The standard InChI is InChI=1S/C18H18F3N5O2S/c1-11(25-13-8-15(19)18(21)16(20)9-13)6-17(24-10-22)26-12-4-3-5-14(7-12)29(27,28)23-2/h3-10,23,25-26H,1H2,2H3,(H2,22,24)/b17-6+. The maximum Gasteiger partial charge on any atom is 0.240 e. The van der Waals surface area contributed by atoms with E-state index in [0.717, 1.165) is 18.5 Å². The summed E-state index contributed by atoms with van der Waals surface area (Å²) in [6.45, 7) is 3.68. The Hall–Kier alpha value is -3.31. The van der Waals surface area contributed by atoms with Gasteiger partial charge in [-0.2, -0.15) is 0 Å². The third-order valence-corrected chi connectivity index (χ3v) is 4.91. The summed E-state index contributed by atoms with van der Waals surface area (Å²) in [5.41, 5.74) is 5.77. The maximum atomic E-state index is 13.3. The van der Waals surface area contributed by atoms with Crippen molar-refractivity contribution in [2.24, 2.45) is 10.7 Å². The van der Waals surface area contributed by atoms with Crippen molar-refractivity contribution in [1.82, 2.24) is 4.72 Å². The van der Waals surface area contributed by atoms with Crippen LogP contribution in [0.25, 0.3) is 0 Å². The molecule has 154 valence electrons. The van der Waals surface area contributed by atoms with E-state index in [9.17, 15) is 21.6 Å². The van der Waals surface area contributed by atoms with Crippen molar-refractivity contribution in [3.63, 3.8) is 0 Å². The van der Waals surface area contributed by atoms with Crippen LogP contribution in [0.1, 0.15) is 0 Å². The van der Waals surface area contributed by atoms with Crippen molar-refractivity contribution >= 4 is 27.7 Å². The van der Waals surface area contributed by atoms with Gasteiger partial charge in [-0.3, -0.25) is 0 Å². The summed E-state index contributed by atoms with van der Waals surface area (Å²) in [5, 5.41) is 5.44. The molecule has 0 saturated carbocycles. The second kappa shape index (κ2) is 9.26. The van der Waals surface area contributed by atoms with Gasteiger partial charge in [-0.15, -0.1) is 0 Å². The predicted molar refractivity (Wildman–Crippen MR) is 106 cm³/mol. The lowest BCUT2D eigenvalue weighted by molar-refractivity contribution is 0.448. The molecular formula is C18H18F3N5O2S. The van der Waals surface area contributed by atoms with Crippen molar-refractivity contribution in [2.45, 2.75) is 4.90 Å². The van der Waals surface area contributed by atoms with Gasteiger partial charge in [-0.05, 0) is 25.2 Å². The van der Waals surface area contributed by atoms with Gasteiger partial charge in [0, 0.05) is 35.3 Å². The van der Waals surface area contributed by atoms with Crippen LogP contribution in [0.5, 0.6) is 0 Å². The average Bonchev–Trinajstić information content (AvgIpc) is 2.66. The van der Waals surface area contributed by atoms with Crippen LogP contribution in [-0.4, -0.2) is 21.8 Å². The van der Waals surface area contributed by atoms with Crippen molar-refractivity contribution in [3.05, 3.63) is 78.0 Å². The molecule has 11 heteroatoms. The second-order valence-electron chi connectivity index (χ2n) is 5.57. The molecule has 0 bridgehead atoms. The summed E-state index contributed by atoms with van der Waals surface area (Å²) < 4.78 is 65.7. The minimum Gasteiger partial charge on any atom is -0.390 e. The van der Waals surface area contributed by atoms with Gasteiger partial charge in [-0.25, -0.2) is 31.3 Å². The zero-order chi connectivity index (χ0) is 21.6. The Morgan fingerprint density at radius 1 is 1.10 bits per heavy atom. The highest BCUT2D eigenvalue weighted by atomic mass is 32.2. The first-order valence-electron chi connectivity index (χ1n) is 8.03. The number of nitrogens with two attached hydrogens (primary N) is 1. The van der Waals surface area contributed by atoms with Crippen LogP contribution in [0.4, 0.5) is 24.5 Å². The molecule has 5 N–H and O–H groups in total. The molecule has 0 unspecified atom stereocenters. The maximum absolute atomic E-state index is 13.3. The summed E-state index contributed by atoms with van der Waals surface area (Å²) in [5.74, 6) is -4.15. The molecule has 2 aromatic rings. The Morgan fingerprint density at radius 3 is 2.34 bits per heavy atom. The van der Waals surface area contributed by atoms with Gasteiger partial charge < -0.3 is 16.4 Å². The molecule has 7 nitrogen and oxygen atoms in total. The van der Waals surface area contributed by atoms with Crippen molar-refractivity contribution in [2.75, 3.05) is 17.7 Å². The lowest BCUT2D eigenvalue weighted by Gasteiger charge is -2.11. The Morgan fingerprint density at radius 2 is 1.76 bits per heavy atom. The minimum atomic E-state index is -3.65. The smallest absolute Gasteiger partial charge is 0.240 e. The van der Waals surface area contributed by atoms with Gasteiger partial charge in [-0.1, -0.05) is 12.6 Å². The fourth-order valence-electron chi connectivity index (χ4n) is 2.21. The van der Waals surface area contributed by atoms with Crippen LogP contribution in [0.3, 0.4) is 0 Å². The lowest BCUT2D eigenvalue weighted by Crippen LogP contribution is -2.18.